The van der Waals surface area contributed by atoms with E-state index in [1.54, 1.807) is 11.3 Å². The van der Waals surface area contributed by atoms with Gasteiger partial charge in [-0.1, -0.05) is 45.0 Å². The molecule has 1 aliphatic heterocycles. The summed E-state index contributed by atoms with van der Waals surface area (Å²) in [5, 5.41) is 16.2. The van der Waals surface area contributed by atoms with Crippen LogP contribution in [0.4, 0.5) is 0 Å². The number of esters is 1. The van der Waals surface area contributed by atoms with Gasteiger partial charge in [-0.2, -0.15) is 0 Å². The van der Waals surface area contributed by atoms with E-state index in [1.807, 2.05) is 64.4 Å². The normalized spacial score (nSPS) is 18.6. The molecule has 0 spiro atoms. The number of β-amino-alcohol motifs (C(OH)–C–C–N with tert-alkyl or cyclic N) is 1. The zero-order chi connectivity index (χ0) is 29.6. The highest BCUT2D eigenvalue weighted by Gasteiger charge is 2.44. The highest BCUT2D eigenvalue weighted by atomic mass is 32.1. The molecular formula is C29H40N4O6S. The van der Waals surface area contributed by atoms with Gasteiger partial charge in [-0.15, -0.1) is 11.3 Å². The van der Waals surface area contributed by atoms with Gasteiger partial charge in [0.05, 0.1) is 35.3 Å². The van der Waals surface area contributed by atoms with Crippen LogP contribution in [0.25, 0.3) is 10.4 Å². The lowest BCUT2D eigenvalue weighted by molar-refractivity contribution is -0.144. The Morgan fingerprint density at radius 2 is 1.82 bits per heavy atom. The van der Waals surface area contributed by atoms with Gasteiger partial charge in [0.25, 0.3) is 0 Å². The molecule has 3 amide bonds. The van der Waals surface area contributed by atoms with Gasteiger partial charge in [0.2, 0.25) is 17.7 Å². The molecule has 1 aromatic heterocycles. The maximum atomic E-state index is 13.7. The molecule has 40 heavy (non-hydrogen) atoms. The number of carbonyl (C=O) groups is 4. The van der Waals surface area contributed by atoms with Crippen LogP contribution in [0.15, 0.2) is 29.8 Å². The third-order valence-corrected chi connectivity index (χ3v) is 8.05. The van der Waals surface area contributed by atoms with E-state index in [9.17, 15) is 24.3 Å². The second-order valence-corrected chi connectivity index (χ2v) is 12.2. The molecule has 2 heterocycles. The molecule has 11 heteroatoms. The fourth-order valence-electron chi connectivity index (χ4n) is 4.74. The van der Waals surface area contributed by atoms with Crippen molar-refractivity contribution in [2.75, 3.05) is 13.7 Å². The van der Waals surface area contributed by atoms with Crippen molar-refractivity contribution in [3.63, 3.8) is 0 Å². The summed E-state index contributed by atoms with van der Waals surface area (Å²) >= 11 is 1.57. The van der Waals surface area contributed by atoms with Gasteiger partial charge in [-0.25, -0.2) is 4.98 Å². The number of aryl methyl sites for hydroxylation is 1. The number of thiazole rings is 1. The Balaban J connectivity index is 1.67. The number of rotatable bonds is 10. The average molecular weight is 573 g/mol. The van der Waals surface area contributed by atoms with Crippen LogP contribution < -0.4 is 10.6 Å². The number of likely N-dealkylation sites (tertiary alicyclic amines) is 1. The first kappa shape index (κ1) is 31.2. The average Bonchev–Trinajstić information content (AvgIpc) is 3.51. The molecule has 0 aliphatic carbocycles. The zero-order valence-corrected chi connectivity index (χ0v) is 24.8. The minimum absolute atomic E-state index is 0.00100. The molecule has 1 fully saturated rings. The molecule has 0 bridgehead atoms. The molecule has 1 saturated heterocycles. The van der Waals surface area contributed by atoms with Crippen LogP contribution in [-0.4, -0.2) is 70.5 Å². The van der Waals surface area contributed by atoms with Crippen molar-refractivity contribution >= 4 is 35.0 Å². The molecule has 3 rings (SSSR count). The minimum atomic E-state index is -0.918. The van der Waals surface area contributed by atoms with E-state index in [2.05, 4.69) is 20.4 Å². The fourth-order valence-corrected chi connectivity index (χ4v) is 5.56. The summed E-state index contributed by atoms with van der Waals surface area (Å²) in [4.78, 5) is 57.8. The maximum Gasteiger partial charge on any atom is 0.305 e. The number of aliphatic hydroxyl groups excluding tert-OH is 1. The number of amides is 3. The SMILES string of the molecule is COC(=O)CCCC(=O)NC(C(=O)N1C[C@H](O)C[C@H]1C(=O)NC(C)c1ccc(-c2scnc2C)cc1)C(C)(C)C. The van der Waals surface area contributed by atoms with Crippen molar-refractivity contribution in [3.05, 3.63) is 41.0 Å². The summed E-state index contributed by atoms with van der Waals surface area (Å²) in [6.07, 6.45) is -0.296. The van der Waals surface area contributed by atoms with E-state index < -0.39 is 35.5 Å². The Bertz CT molecular complexity index is 1210. The number of hydrogen-bond acceptors (Lipinski definition) is 8. The van der Waals surface area contributed by atoms with E-state index in [0.29, 0.717) is 6.42 Å². The van der Waals surface area contributed by atoms with Crippen molar-refractivity contribution in [2.24, 2.45) is 5.41 Å². The number of benzene rings is 1. The topological polar surface area (TPSA) is 138 Å². The van der Waals surface area contributed by atoms with E-state index >= 15 is 0 Å². The Hall–Kier alpha value is -3.31. The minimum Gasteiger partial charge on any atom is -0.469 e. The number of hydrogen-bond donors (Lipinski definition) is 3. The number of ether oxygens (including phenoxy) is 1. The van der Waals surface area contributed by atoms with E-state index in [4.69, 9.17) is 0 Å². The lowest BCUT2D eigenvalue weighted by Crippen LogP contribution is -2.57. The molecule has 0 radical (unpaired) electrons. The lowest BCUT2D eigenvalue weighted by atomic mass is 9.85. The number of aliphatic hydroxyl groups is 1. The summed E-state index contributed by atoms with van der Waals surface area (Å²) in [6.45, 7) is 9.31. The summed E-state index contributed by atoms with van der Waals surface area (Å²) in [5.74, 6) is -1.57. The Kier molecular flexibility index (Phi) is 10.4. The molecule has 1 aliphatic rings. The Labute approximate surface area is 239 Å². The zero-order valence-electron chi connectivity index (χ0n) is 24.0. The molecule has 0 saturated carbocycles. The Morgan fingerprint density at radius 3 is 2.40 bits per heavy atom. The number of methoxy groups -OCH3 is 1. The number of aromatic nitrogens is 1. The molecule has 4 atom stereocenters. The number of nitrogens with zero attached hydrogens (tertiary/aromatic N) is 2. The van der Waals surface area contributed by atoms with Gasteiger partial charge in [0, 0.05) is 25.8 Å². The third-order valence-electron chi connectivity index (χ3n) is 7.07. The predicted octanol–water partition coefficient (Wildman–Crippen LogP) is 3.13. The summed E-state index contributed by atoms with van der Waals surface area (Å²) in [6, 6.07) is 5.79. The maximum absolute atomic E-state index is 13.7. The summed E-state index contributed by atoms with van der Waals surface area (Å²) < 4.78 is 4.60. The van der Waals surface area contributed by atoms with Gasteiger partial charge in [0.15, 0.2) is 0 Å². The largest absolute Gasteiger partial charge is 0.469 e. The van der Waals surface area contributed by atoms with Crippen LogP contribution >= 0.6 is 11.3 Å². The van der Waals surface area contributed by atoms with E-state index in [1.165, 1.54) is 12.0 Å². The molecule has 2 unspecified atom stereocenters. The predicted molar refractivity (Wildman–Crippen MR) is 152 cm³/mol. The van der Waals surface area contributed by atoms with Gasteiger partial charge >= 0.3 is 5.97 Å². The van der Waals surface area contributed by atoms with Crippen LogP contribution in [0.2, 0.25) is 0 Å². The van der Waals surface area contributed by atoms with Crippen LogP contribution in [0, 0.1) is 12.3 Å². The van der Waals surface area contributed by atoms with Crippen LogP contribution in [0.5, 0.6) is 0 Å². The van der Waals surface area contributed by atoms with Crippen molar-refractivity contribution in [1.82, 2.24) is 20.5 Å². The van der Waals surface area contributed by atoms with Crippen LogP contribution in [0.3, 0.4) is 0 Å². The second kappa shape index (κ2) is 13.4. The monoisotopic (exact) mass is 572 g/mol. The summed E-state index contributed by atoms with van der Waals surface area (Å²) in [7, 11) is 1.29. The highest BCUT2D eigenvalue weighted by Crippen LogP contribution is 2.29. The van der Waals surface area contributed by atoms with Crippen LogP contribution in [-0.2, 0) is 23.9 Å². The molecule has 1 aromatic carbocycles. The Morgan fingerprint density at radius 1 is 1.15 bits per heavy atom. The fraction of sp³-hybridized carbons (Fsp3) is 0.552. The van der Waals surface area contributed by atoms with Crippen molar-refractivity contribution in [2.45, 2.75) is 84.5 Å². The van der Waals surface area contributed by atoms with Crippen molar-refractivity contribution in [1.29, 1.82) is 0 Å². The quantitative estimate of drug-likeness (QED) is 0.372. The first-order valence-electron chi connectivity index (χ1n) is 13.5. The van der Waals surface area contributed by atoms with Crippen LogP contribution in [0.1, 0.15) is 70.7 Å². The summed E-state index contributed by atoms with van der Waals surface area (Å²) in [5.41, 5.74) is 4.08. The van der Waals surface area contributed by atoms with Gasteiger partial charge < -0.3 is 25.4 Å². The molecule has 2 aromatic rings. The van der Waals surface area contributed by atoms with Crippen molar-refractivity contribution in [3.8, 4) is 10.4 Å². The molecule has 3 N–H and O–H groups in total. The second-order valence-electron chi connectivity index (χ2n) is 11.3. The number of nitrogens with one attached hydrogen (secondary N) is 2. The van der Waals surface area contributed by atoms with E-state index in [0.717, 1.165) is 21.7 Å². The van der Waals surface area contributed by atoms with Crippen molar-refractivity contribution < 1.29 is 29.0 Å². The number of carbonyl (C=O) groups excluding carboxylic acids is 4. The molecular weight excluding hydrogens is 532 g/mol. The van der Waals surface area contributed by atoms with Gasteiger partial charge in [0.1, 0.15) is 12.1 Å². The van der Waals surface area contributed by atoms with Gasteiger partial charge in [-0.05, 0) is 36.8 Å². The smallest absolute Gasteiger partial charge is 0.305 e. The molecule has 10 nitrogen and oxygen atoms in total. The highest BCUT2D eigenvalue weighted by molar-refractivity contribution is 7.13. The third kappa shape index (κ3) is 7.88. The lowest BCUT2D eigenvalue weighted by Gasteiger charge is -2.35. The first-order valence-corrected chi connectivity index (χ1v) is 14.3. The molecule has 218 valence electrons. The van der Waals surface area contributed by atoms with E-state index in [-0.39, 0.29) is 43.7 Å². The van der Waals surface area contributed by atoms with Gasteiger partial charge in [-0.3, -0.25) is 19.2 Å². The first-order chi connectivity index (χ1) is 18.8. The standard InChI is InChI=1S/C29H40N4O6S/c1-17(19-10-12-20(13-11-19)25-18(2)30-16-40-25)31-27(37)22-14-21(34)15-33(22)28(38)26(29(3,4)5)32-23(35)8-7-9-24(36)39-6/h10-13,16-17,21-22,26,34H,7-9,14-15H2,1-6H3,(H,31,37)(H,32,35)/t17?,21-,22+,26?/m1/s1.